The molecule has 108 valence electrons. The number of aliphatic hydroxyl groups excluding tert-OH is 1. The maximum atomic E-state index is 11.6. The van der Waals surface area contributed by atoms with Gasteiger partial charge < -0.3 is 20.5 Å². The summed E-state index contributed by atoms with van der Waals surface area (Å²) < 4.78 is 4.86. The summed E-state index contributed by atoms with van der Waals surface area (Å²) in [5.74, 6) is -0.374. The van der Waals surface area contributed by atoms with Crippen LogP contribution in [-0.4, -0.2) is 44.4 Å². The van der Waals surface area contributed by atoms with Gasteiger partial charge in [-0.05, 0) is 25.7 Å². The number of carbonyl (C=O) groups excluding carboxylic acids is 1. The predicted octanol–water partition coefficient (Wildman–Crippen LogP) is 0.299. The lowest BCUT2D eigenvalue weighted by molar-refractivity contribution is -0.117. The SMILES string of the molecule is COCCCNC(=O)/C(C#N)=C\NCCCCCO. The van der Waals surface area contributed by atoms with Gasteiger partial charge in [0.25, 0.3) is 5.91 Å². The molecular formula is C13H23N3O3. The summed E-state index contributed by atoms with van der Waals surface area (Å²) in [6.45, 7) is 1.95. The Hall–Kier alpha value is -1.58. The Balaban J connectivity index is 3.84. The van der Waals surface area contributed by atoms with Gasteiger partial charge in [0.1, 0.15) is 11.6 Å². The Kier molecular flexibility index (Phi) is 11.8. The highest BCUT2D eigenvalue weighted by Crippen LogP contribution is 1.94. The van der Waals surface area contributed by atoms with Crippen molar-refractivity contribution in [3.8, 4) is 6.07 Å². The molecule has 0 rings (SSSR count). The fourth-order valence-corrected chi connectivity index (χ4v) is 1.35. The minimum atomic E-state index is -0.374. The lowest BCUT2D eigenvalue weighted by Gasteiger charge is -2.04. The minimum absolute atomic E-state index is 0.0691. The number of nitriles is 1. The van der Waals surface area contributed by atoms with E-state index in [1.807, 2.05) is 6.07 Å². The smallest absolute Gasteiger partial charge is 0.263 e. The van der Waals surface area contributed by atoms with Crippen LogP contribution in [0.2, 0.25) is 0 Å². The highest BCUT2D eigenvalue weighted by Gasteiger charge is 2.07. The van der Waals surface area contributed by atoms with Crippen LogP contribution in [0, 0.1) is 11.3 Å². The molecule has 0 aliphatic heterocycles. The number of nitrogens with zero attached hydrogens (tertiary/aromatic N) is 1. The summed E-state index contributed by atoms with van der Waals surface area (Å²) in [5.41, 5.74) is 0.0691. The molecule has 6 heteroatoms. The van der Waals surface area contributed by atoms with E-state index in [9.17, 15) is 4.79 Å². The van der Waals surface area contributed by atoms with Crippen molar-refractivity contribution in [2.24, 2.45) is 0 Å². The molecule has 0 saturated carbocycles. The largest absolute Gasteiger partial charge is 0.396 e. The van der Waals surface area contributed by atoms with E-state index in [1.54, 1.807) is 7.11 Å². The molecule has 0 bridgehead atoms. The number of methoxy groups -OCH3 is 1. The van der Waals surface area contributed by atoms with Gasteiger partial charge in [0, 0.05) is 39.6 Å². The average Bonchev–Trinajstić information content (AvgIpc) is 2.42. The lowest BCUT2D eigenvalue weighted by atomic mass is 10.2. The van der Waals surface area contributed by atoms with Crippen molar-refractivity contribution in [1.29, 1.82) is 5.26 Å². The van der Waals surface area contributed by atoms with E-state index >= 15 is 0 Å². The van der Waals surface area contributed by atoms with Crippen molar-refractivity contribution < 1.29 is 14.6 Å². The lowest BCUT2D eigenvalue weighted by Crippen LogP contribution is -2.27. The molecule has 3 N–H and O–H groups in total. The molecule has 0 aromatic rings. The molecule has 19 heavy (non-hydrogen) atoms. The van der Waals surface area contributed by atoms with Gasteiger partial charge in [0.2, 0.25) is 0 Å². The van der Waals surface area contributed by atoms with Crippen LogP contribution < -0.4 is 10.6 Å². The van der Waals surface area contributed by atoms with Crippen LogP contribution in [0.5, 0.6) is 0 Å². The van der Waals surface area contributed by atoms with Gasteiger partial charge in [-0.3, -0.25) is 4.79 Å². The van der Waals surface area contributed by atoms with E-state index in [0.29, 0.717) is 19.7 Å². The van der Waals surface area contributed by atoms with Crippen LogP contribution in [0.4, 0.5) is 0 Å². The number of unbranched alkanes of at least 4 members (excludes halogenated alkanes) is 2. The Morgan fingerprint density at radius 3 is 2.74 bits per heavy atom. The molecular weight excluding hydrogens is 246 g/mol. The summed E-state index contributed by atoms with van der Waals surface area (Å²) in [6.07, 6.45) is 4.74. The van der Waals surface area contributed by atoms with Crippen LogP contribution in [-0.2, 0) is 9.53 Å². The topological polar surface area (TPSA) is 94.4 Å². The maximum absolute atomic E-state index is 11.6. The average molecular weight is 269 g/mol. The second-order valence-electron chi connectivity index (χ2n) is 4.01. The number of amides is 1. The summed E-state index contributed by atoms with van der Waals surface area (Å²) in [7, 11) is 1.60. The summed E-state index contributed by atoms with van der Waals surface area (Å²) in [5, 5.41) is 23.0. The summed E-state index contributed by atoms with van der Waals surface area (Å²) in [4.78, 5) is 11.6. The molecule has 0 saturated heterocycles. The molecule has 0 radical (unpaired) electrons. The zero-order valence-electron chi connectivity index (χ0n) is 11.4. The van der Waals surface area contributed by atoms with Crippen molar-refractivity contribution in [2.75, 3.05) is 33.4 Å². The fraction of sp³-hybridized carbons (Fsp3) is 0.692. The molecule has 0 aliphatic rings. The minimum Gasteiger partial charge on any atom is -0.396 e. The summed E-state index contributed by atoms with van der Waals surface area (Å²) in [6, 6.07) is 1.86. The molecule has 0 aromatic carbocycles. The first kappa shape index (κ1) is 17.4. The second-order valence-corrected chi connectivity index (χ2v) is 4.01. The first-order valence-electron chi connectivity index (χ1n) is 6.48. The predicted molar refractivity (Wildman–Crippen MR) is 72.1 cm³/mol. The normalized spacial score (nSPS) is 10.9. The standard InChI is InChI=1S/C13H23N3O3/c1-19-9-5-7-16-13(18)12(10-14)11-15-6-3-2-4-8-17/h11,15,17H,2-9H2,1H3,(H,16,18)/b12-11-. The monoisotopic (exact) mass is 269 g/mol. The van der Waals surface area contributed by atoms with Gasteiger partial charge in [0.15, 0.2) is 0 Å². The highest BCUT2D eigenvalue weighted by molar-refractivity contribution is 5.97. The van der Waals surface area contributed by atoms with E-state index in [0.717, 1.165) is 25.7 Å². The first-order chi connectivity index (χ1) is 9.26. The molecule has 1 amide bonds. The molecule has 0 aliphatic carbocycles. The highest BCUT2D eigenvalue weighted by atomic mass is 16.5. The number of hydrogen-bond donors (Lipinski definition) is 3. The zero-order chi connectivity index (χ0) is 14.3. The van der Waals surface area contributed by atoms with Crippen molar-refractivity contribution in [1.82, 2.24) is 10.6 Å². The zero-order valence-corrected chi connectivity index (χ0v) is 11.4. The van der Waals surface area contributed by atoms with E-state index in [2.05, 4.69) is 10.6 Å². The van der Waals surface area contributed by atoms with Crippen LogP contribution in [0.15, 0.2) is 11.8 Å². The molecule has 6 nitrogen and oxygen atoms in total. The van der Waals surface area contributed by atoms with E-state index in [4.69, 9.17) is 15.1 Å². The number of nitrogens with one attached hydrogen (secondary N) is 2. The van der Waals surface area contributed by atoms with Crippen molar-refractivity contribution in [2.45, 2.75) is 25.7 Å². The number of rotatable bonds is 11. The van der Waals surface area contributed by atoms with Crippen LogP contribution in [0.3, 0.4) is 0 Å². The Morgan fingerprint density at radius 1 is 1.32 bits per heavy atom. The quantitative estimate of drug-likeness (QED) is 0.285. The Labute approximate surface area is 114 Å². The van der Waals surface area contributed by atoms with Gasteiger partial charge in [-0.25, -0.2) is 0 Å². The van der Waals surface area contributed by atoms with Crippen LogP contribution in [0.1, 0.15) is 25.7 Å². The van der Waals surface area contributed by atoms with Crippen LogP contribution in [0.25, 0.3) is 0 Å². The van der Waals surface area contributed by atoms with Crippen molar-refractivity contribution in [3.05, 3.63) is 11.8 Å². The molecule has 0 heterocycles. The number of carbonyl (C=O) groups is 1. The number of ether oxygens (including phenoxy) is 1. The number of aliphatic hydroxyl groups is 1. The van der Waals surface area contributed by atoms with Gasteiger partial charge in [-0.2, -0.15) is 5.26 Å². The maximum Gasteiger partial charge on any atom is 0.263 e. The Bertz CT molecular complexity index is 311. The third-order valence-corrected chi connectivity index (χ3v) is 2.40. The van der Waals surface area contributed by atoms with Gasteiger partial charge in [-0.15, -0.1) is 0 Å². The summed E-state index contributed by atoms with van der Waals surface area (Å²) >= 11 is 0. The van der Waals surface area contributed by atoms with E-state index < -0.39 is 0 Å². The first-order valence-corrected chi connectivity index (χ1v) is 6.48. The molecule has 0 atom stereocenters. The van der Waals surface area contributed by atoms with E-state index in [1.165, 1.54) is 6.20 Å². The molecule has 0 spiro atoms. The molecule has 0 fully saturated rings. The van der Waals surface area contributed by atoms with Crippen LogP contribution >= 0.6 is 0 Å². The molecule has 0 aromatic heterocycles. The van der Waals surface area contributed by atoms with Gasteiger partial charge in [-0.1, -0.05) is 0 Å². The second kappa shape index (κ2) is 12.9. The van der Waals surface area contributed by atoms with Gasteiger partial charge >= 0.3 is 0 Å². The third kappa shape index (κ3) is 10.1. The third-order valence-electron chi connectivity index (χ3n) is 2.40. The number of hydrogen-bond acceptors (Lipinski definition) is 5. The van der Waals surface area contributed by atoms with Crippen molar-refractivity contribution >= 4 is 5.91 Å². The fourth-order valence-electron chi connectivity index (χ4n) is 1.35. The van der Waals surface area contributed by atoms with Gasteiger partial charge in [0.05, 0.1) is 0 Å². The Morgan fingerprint density at radius 2 is 2.11 bits per heavy atom. The van der Waals surface area contributed by atoms with E-state index in [-0.39, 0.29) is 18.1 Å². The van der Waals surface area contributed by atoms with Crippen molar-refractivity contribution in [3.63, 3.8) is 0 Å². The molecule has 0 unspecified atom stereocenters.